The van der Waals surface area contributed by atoms with E-state index in [4.69, 9.17) is 10.5 Å². The number of hydrogen-bond acceptors (Lipinski definition) is 4. The number of piperazine rings is 1. The summed E-state index contributed by atoms with van der Waals surface area (Å²) >= 11 is 0. The molecule has 1 aliphatic heterocycles. The van der Waals surface area contributed by atoms with Gasteiger partial charge in [0.25, 0.3) is 0 Å². The number of aliphatic imine (C=N–C) groups is 1. The van der Waals surface area contributed by atoms with Crippen LogP contribution in [0.4, 0.5) is 5.69 Å². The minimum absolute atomic E-state index is 0.393. The van der Waals surface area contributed by atoms with Gasteiger partial charge in [0.2, 0.25) is 0 Å². The summed E-state index contributed by atoms with van der Waals surface area (Å²) in [5, 5.41) is 3.09. The molecule has 0 bridgehead atoms. The number of nitrogens with zero attached hydrogens (tertiary/aromatic N) is 3. The van der Waals surface area contributed by atoms with Crippen LogP contribution in [0, 0.1) is 0 Å². The average molecular weight is 367 g/mol. The van der Waals surface area contributed by atoms with Crippen LogP contribution in [0.15, 0.2) is 53.5 Å². The van der Waals surface area contributed by atoms with Gasteiger partial charge in [-0.05, 0) is 30.3 Å². The van der Waals surface area contributed by atoms with Gasteiger partial charge in [-0.15, -0.1) is 0 Å². The molecule has 0 radical (unpaired) electrons. The second-order valence-electron chi connectivity index (χ2n) is 6.95. The molecule has 1 heterocycles. The Balaban J connectivity index is 1.50. The summed E-state index contributed by atoms with van der Waals surface area (Å²) in [5.74, 6) is 1.17. The number of likely N-dealkylation sites (N-methyl/N-ethyl adjacent to an activating group) is 1. The number of nitrogens with one attached hydrogen (secondary N) is 1. The highest BCUT2D eigenvalue weighted by molar-refractivity contribution is 5.92. The maximum Gasteiger partial charge on any atom is 0.193 e. The van der Waals surface area contributed by atoms with Gasteiger partial charge in [-0.2, -0.15) is 0 Å². The SMILES string of the molecule is COc1cccc(NC(N)=NCc2ccc(CN3CCN(C)CC3)cc2)c1. The summed E-state index contributed by atoms with van der Waals surface area (Å²) in [7, 11) is 3.82. The van der Waals surface area contributed by atoms with Gasteiger partial charge in [-0.3, -0.25) is 4.90 Å². The molecule has 27 heavy (non-hydrogen) atoms. The van der Waals surface area contributed by atoms with Crippen molar-refractivity contribution in [3.63, 3.8) is 0 Å². The van der Waals surface area contributed by atoms with Gasteiger partial charge >= 0.3 is 0 Å². The van der Waals surface area contributed by atoms with Crippen molar-refractivity contribution >= 4 is 11.6 Å². The average Bonchev–Trinajstić information content (AvgIpc) is 2.69. The van der Waals surface area contributed by atoms with Crippen LogP contribution in [-0.4, -0.2) is 56.1 Å². The van der Waals surface area contributed by atoms with Gasteiger partial charge in [-0.25, -0.2) is 4.99 Å². The van der Waals surface area contributed by atoms with E-state index in [2.05, 4.69) is 51.4 Å². The van der Waals surface area contributed by atoms with Crippen molar-refractivity contribution in [3.8, 4) is 5.75 Å². The third-order valence-electron chi connectivity index (χ3n) is 4.80. The molecular formula is C21H29N5O. The van der Waals surface area contributed by atoms with E-state index in [0.717, 1.165) is 49.7 Å². The standard InChI is InChI=1S/C21H29N5O/c1-25-10-12-26(13-11-25)16-18-8-6-17(7-9-18)15-23-21(22)24-19-4-3-5-20(14-19)27-2/h3-9,14H,10-13,15-16H2,1-2H3,(H3,22,23,24). The Kier molecular flexibility index (Phi) is 6.68. The van der Waals surface area contributed by atoms with Crippen molar-refractivity contribution in [1.82, 2.24) is 9.80 Å². The lowest BCUT2D eigenvalue weighted by molar-refractivity contribution is 0.148. The van der Waals surface area contributed by atoms with Crippen LogP contribution in [0.1, 0.15) is 11.1 Å². The second-order valence-corrected chi connectivity index (χ2v) is 6.95. The Morgan fingerprint density at radius 2 is 1.78 bits per heavy atom. The summed E-state index contributed by atoms with van der Waals surface area (Å²) in [6, 6.07) is 16.3. The summed E-state index contributed by atoms with van der Waals surface area (Å²) in [6.45, 7) is 6.12. The molecule has 0 aliphatic carbocycles. The van der Waals surface area contributed by atoms with Crippen molar-refractivity contribution in [1.29, 1.82) is 0 Å². The third-order valence-corrected chi connectivity index (χ3v) is 4.80. The van der Waals surface area contributed by atoms with E-state index < -0.39 is 0 Å². The summed E-state index contributed by atoms with van der Waals surface area (Å²) < 4.78 is 5.21. The second kappa shape index (κ2) is 9.39. The number of methoxy groups -OCH3 is 1. The molecule has 6 heteroatoms. The highest BCUT2D eigenvalue weighted by Crippen LogP contribution is 2.16. The number of guanidine groups is 1. The molecule has 1 fully saturated rings. The molecule has 3 rings (SSSR count). The van der Waals surface area contributed by atoms with Gasteiger partial charge in [0.15, 0.2) is 5.96 Å². The summed E-state index contributed by atoms with van der Waals surface area (Å²) in [5.41, 5.74) is 9.34. The molecule has 0 spiro atoms. The van der Waals surface area contributed by atoms with E-state index >= 15 is 0 Å². The molecule has 0 saturated carbocycles. The lowest BCUT2D eigenvalue weighted by Gasteiger charge is -2.32. The molecule has 0 aromatic heterocycles. The van der Waals surface area contributed by atoms with Crippen LogP contribution in [0.5, 0.6) is 5.75 Å². The Morgan fingerprint density at radius 1 is 1.07 bits per heavy atom. The van der Waals surface area contributed by atoms with E-state index in [0.29, 0.717) is 12.5 Å². The quantitative estimate of drug-likeness (QED) is 0.606. The molecule has 1 saturated heterocycles. The minimum Gasteiger partial charge on any atom is -0.497 e. The Morgan fingerprint density at radius 3 is 2.48 bits per heavy atom. The molecule has 0 unspecified atom stereocenters. The van der Waals surface area contributed by atoms with Crippen molar-refractivity contribution < 1.29 is 4.74 Å². The number of nitrogens with two attached hydrogens (primary N) is 1. The molecule has 3 N–H and O–H groups in total. The zero-order chi connectivity index (χ0) is 19.1. The first-order chi connectivity index (χ1) is 13.1. The van der Waals surface area contributed by atoms with E-state index in [1.165, 1.54) is 5.56 Å². The van der Waals surface area contributed by atoms with Crippen molar-refractivity contribution in [2.45, 2.75) is 13.1 Å². The van der Waals surface area contributed by atoms with Crippen LogP contribution in [0.3, 0.4) is 0 Å². The van der Waals surface area contributed by atoms with Crippen LogP contribution >= 0.6 is 0 Å². The van der Waals surface area contributed by atoms with Crippen molar-refractivity contribution in [2.75, 3.05) is 45.7 Å². The van der Waals surface area contributed by atoms with E-state index in [1.54, 1.807) is 7.11 Å². The van der Waals surface area contributed by atoms with Crippen molar-refractivity contribution in [3.05, 3.63) is 59.7 Å². The van der Waals surface area contributed by atoms with Gasteiger partial charge in [0.05, 0.1) is 13.7 Å². The largest absolute Gasteiger partial charge is 0.497 e. The molecule has 0 amide bonds. The maximum absolute atomic E-state index is 6.00. The first-order valence-corrected chi connectivity index (χ1v) is 9.32. The molecular weight excluding hydrogens is 338 g/mol. The third kappa shape index (κ3) is 5.98. The first-order valence-electron chi connectivity index (χ1n) is 9.32. The van der Waals surface area contributed by atoms with E-state index in [9.17, 15) is 0 Å². The highest BCUT2D eigenvalue weighted by atomic mass is 16.5. The molecule has 144 valence electrons. The summed E-state index contributed by atoms with van der Waals surface area (Å²) in [4.78, 5) is 9.31. The Bertz CT molecular complexity index is 751. The van der Waals surface area contributed by atoms with Gasteiger partial charge in [0.1, 0.15) is 5.75 Å². The Hall–Kier alpha value is -2.57. The lowest BCUT2D eigenvalue weighted by Crippen LogP contribution is -2.43. The predicted molar refractivity (Wildman–Crippen MR) is 111 cm³/mol. The molecule has 2 aromatic rings. The Labute approximate surface area is 161 Å². The number of ether oxygens (including phenoxy) is 1. The van der Waals surface area contributed by atoms with Crippen LogP contribution < -0.4 is 15.8 Å². The van der Waals surface area contributed by atoms with E-state index in [-0.39, 0.29) is 0 Å². The number of anilines is 1. The zero-order valence-electron chi connectivity index (χ0n) is 16.2. The number of hydrogen-bond donors (Lipinski definition) is 2. The smallest absolute Gasteiger partial charge is 0.193 e. The monoisotopic (exact) mass is 367 g/mol. The normalized spacial score (nSPS) is 16.3. The fourth-order valence-corrected chi connectivity index (χ4v) is 3.08. The minimum atomic E-state index is 0.393. The van der Waals surface area contributed by atoms with Crippen LogP contribution in [0.25, 0.3) is 0 Å². The van der Waals surface area contributed by atoms with Gasteiger partial charge in [0, 0.05) is 44.5 Å². The molecule has 0 atom stereocenters. The van der Waals surface area contributed by atoms with Gasteiger partial charge in [-0.1, -0.05) is 30.3 Å². The van der Waals surface area contributed by atoms with Gasteiger partial charge < -0.3 is 20.7 Å². The van der Waals surface area contributed by atoms with Crippen LogP contribution in [0.2, 0.25) is 0 Å². The predicted octanol–water partition coefficient (Wildman–Crippen LogP) is 2.37. The fourth-order valence-electron chi connectivity index (χ4n) is 3.08. The van der Waals surface area contributed by atoms with E-state index in [1.807, 2.05) is 24.3 Å². The maximum atomic E-state index is 6.00. The molecule has 6 nitrogen and oxygen atoms in total. The molecule has 2 aromatic carbocycles. The summed E-state index contributed by atoms with van der Waals surface area (Å²) in [6.07, 6.45) is 0. The highest BCUT2D eigenvalue weighted by Gasteiger charge is 2.13. The zero-order valence-corrected chi connectivity index (χ0v) is 16.2. The lowest BCUT2D eigenvalue weighted by atomic mass is 10.1. The molecule has 1 aliphatic rings. The van der Waals surface area contributed by atoms with Crippen molar-refractivity contribution in [2.24, 2.45) is 10.7 Å². The first kappa shape index (κ1) is 19.2. The topological polar surface area (TPSA) is 66.1 Å². The number of benzene rings is 2. The van der Waals surface area contributed by atoms with Crippen LogP contribution in [-0.2, 0) is 13.1 Å². The fraction of sp³-hybridized carbons (Fsp3) is 0.381. The number of rotatable bonds is 6.